The number of ether oxygens (including phenoxy) is 1. The van der Waals surface area contributed by atoms with Gasteiger partial charge in [-0.05, 0) is 31.5 Å². The number of benzene rings is 1. The molecule has 1 aromatic carbocycles. The van der Waals surface area contributed by atoms with E-state index in [2.05, 4.69) is 20.3 Å². The molecule has 0 bridgehead atoms. The van der Waals surface area contributed by atoms with Crippen LogP contribution in [0.2, 0.25) is 0 Å². The standard InChI is InChI=1S/C20H22FN5O2S/c1-12-8-24-16(9-23-12)17(27)25-15-5-3-4-14(6-15)20-10-28-13(2)7-19(20,21)11-29-18(22)26-20/h3-6,8-9,13H,7,10-11H2,1-2H3,(H2,22,26)(H,25,27)/t13-,19?,20?/m0/s1. The first kappa shape index (κ1) is 19.8. The molecule has 3 atom stereocenters. The van der Waals surface area contributed by atoms with Gasteiger partial charge < -0.3 is 15.8 Å². The first-order valence-corrected chi connectivity index (χ1v) is 10.3. The second-order valence-electron chi connectivity index (χ2n) is 7.47. The Balaban J connectivity index is 1.67. The van der Waals surface area contributed by atoms with Gasteiger partial charge >= 0.3 is 0 Å². The molecule has 4 rings (SSSR count). The van der Waals surface area contributed by atoms with Gasteiger partial charge in [0.2, 0.25) is 0 Å². The van der Waals surface area contributed by atoms with E-state index in [0.717, 1.165) is 5.69 Å². The number of hydrogen-bond acceptors (Lipinski definition) is 7. The number of aliphatic imine (C=N–C) groups is 1. The van der Waals surface area contributed by atoms with Crippen LogP contribution in [0.15, 0.2) is 41.7 Å². The highest BCUT2D eigenvalue weighted by Crippen LogP contribution is 2.51. The fourth-order valence-electron chi connectivity index (χ4n) is 3.76. The number of aryl methyl sites for hydroxylation is 1. The summed E-state index contributed by atoms with van der Waals surface area (Å²) in [6, 6.07) is 7.00. The summed E-state index contributed by atoms with van der Waals surface area (Å²) < 4.78 is 21.9. The van der Waals surface area contributed by atoms with E-state index in [-0.39, 0.29) is 30.6 Å². The molecule has 2 unspecified atom stereocenters. The third-order valence-electron chi connectivity index (χ3n) is 5.29. The first-order valence-electron chi connectivity index (χ1n) is 9.30. The predicted octanol–water partition coefficient (Wildman–Crippen LogP) is 2.81. The molecule has 2 aromatic rings. The number of anilines is 1. The maximum Gasteiger partial charge on any atom is 0.275 e. The van der Waals surface area contributed by atoms with Crippen molar-refractivity contribution in [2.45, 2.75) is 37.6 Å². The van der Waals surface area contributed by atoms with Crippen LogP contribution in [0.3, 0.4) is 0 Å². The topological polar surface area (TPSA) is 102 Å². The number of alkyl halides is 1. The molecule has 1 fully saturated rings. The summed E-state index contributed by atoms with van der Waals surface area (Å²) in [5.41, 5.74) is 5.19. The Morgan fingerprint density at radius 2 is 2.21 bits per heavy atom. The molecule has 0 spiro atoms. The summed E-state index contributed by atoms with van der Waals surface area (Å²) in [6.45, 7) is 3.74. The minimum atomic E-state index is -1.59. The molecular formula is C20H22FN5O2S. The molecule has 9 heteroatoms. The van der Waals surface area contributed by atoms with E-state index >= 15 is 4.39 Å². The maximum absolute atomic E-state index is 16.1. The molecule has 1 amide bonds. The highest BCUT2D eigenvalue weighted by Gasteiger charge is 2.59. The largest absolute Gasteiger partial charge is 0.379 e. The molecule has 1 saturated heterocycles. The van der Waals surface area contributed by atoms with Crippen LogP contribution in [-0.2, 0) is 10.3 Å². The average Bonchev–Trinajstić information content (AvgIpc) is 2.69. The summed E-state index contributed by atoms with van der Waals surface area (Å²) in [5, 5.41) is 3.13. The van der Waals surface area contributed by atoms with E-state index in [4.69, 9.17) is 10.5 Å². The number of thioether (sulfide) groups is 1. The predicted molar refractivity (Wildman–Crippen MR) is 111 cm³/mol. The second kappa shape index (κ2) is 7.38. The molecule has 0 aliphatic carbocycles. The van der Waals surface area contributed by atoms with Crippen molar-refractivity contribution < 1.29 is 13.9 Å². The second-order valence-corrected chi connectivity index (χ2v) is 8.46. The van der Waals surface area contributed by atoms with Gasteiger partial charge in [0, 0.05) is 24.1 Å². The highest BCUT2D eigenvalue weighted by atomic mass is 32.2. The van der Waals surface area contributed by atoms with Crippen molar-refractivity contribution in [3.05, 3.63) is 53.6 Å². The Morgan fingerprint density at radius 1 is 1.38 bits per heavy atom. The summed E-state index contributed by atoms with van der Waals surface area (Å²) in [7, 11) is 0. The lowest BCUT2D eigenvalue weighted by atomic mass is 9.73. The molecule has 0 saturated carbocycles. The number of halogens is 1. The zero-order chi connectivity index (χ0) is 20.6. The summed E-state index contributed by atoms with van der Waals surface area (Å²) >= 11 is 1.22. The van der Waals surface area contributed by atoms with Crippen molar-refractivity contribution in [3.8, 4) is 0 Å². The smallest absolute Gasteiger partial charge is 0.275 e. The van der Waals surface area contributed by atoms with E-state index in [1.54, 1.807) is 31.2 Å². The fourth-order valence-corrected chi connectivity index (χ4v) is 4.71. The van der Waals surface area contributed by atoms with E-state index in [1.165, 1.54) is 24.2 Å². The van der Waals surface area contributed by atoms with Crippen molar-refractivity contribution in [1.29, 1.82) is 0 Å². The van der Waals surface area contributed by atoms with Crippen LogP contribution in [-0.4, -0.2) is 45.2 Å². The molecule has 1 aromatic heterocycles. The third kappa shape index (κ3) is 3.60. The van der Waals surface area contributed by atoms with Gasteiger partial charge in [0.25, 0.3) is 5.91 Å². The number of nitrogens with two attached hydrogens (primary N) is 1. The van der Waals surface area contributed by atoms with Crippen LogP contribution in [0.5, 0.6) is 0 Å². The zero-order valence-electron chi connectivity index (χ0n) is 16.2. The van der Waals surface area contributed by atoms with E-state index < -0.39 is 17.1 Å². The van der Waals surface area contributed by atoms with Gasteiger partial charge in [-0.25, -0.2) is 14.4 Å². The molecular weight excluding hydrogens is 393 g/mol. The number of carbonyl (C=O) groups excluding carboxylic acids is 1. The van der Waals surface area contributed by atoms with E-state index in [9.17, 15) is 4.79 Å². The van der Waals surface area contributed by atoms with Crippen molar-refractivity contribution in [1.82, 2.24) is 9.97 Å². The Bertz CT molecular complexity index is 970. The van der Waals surface area contributed by atoms with Gasteiger partial charge in [0.05, 0.1) is 24.6 Å². The summed E-state index contributed by atoms with van der Waals surface area (Å²) in [4.78, 5) is 25.2. The molecule has 29 heavy (non-hydrogen) atoms. The normalized spacial score (nSPS) is 28.9. The third-order valence-corrected chi connectivity index (χ3v) is 6.28. The van der Waals surface area contributed by atoms with E-state index in [1.807, 2.05) is 6.92 Å². The van der Waals surface area contributed by atoms with Crippen molar-refractivity contribution in [2.75, 3.05) is 17.7 Å². The van der Waals surface area contributed by atoms with Gasteiger partial charge in [-0.15, -0.1) is 0 Å². The number of amidine groups is 1. The SMILES string of the molecule is Cc1cnc(C(=O)Nc2cccc(C34CO[C@@H](C)CC3(F)CSC(N)=N4)c2)cn1. The van der Waals surface area contributed by atoms with Gasteiger partial charge in [0.15, 0.2) is 10.8 Å². The minimum absolute atomic E-state index is 0.0900. The van der Waals surface area contributed by atoms with Crippen LogP contribution < -0.4 is 11.1 Å². The monoisotopic (exact) mass is 415 g/mol. The molecule has 3 heterocycles. The van der Waals surface area contributed by atoms with Crippen molar-refractivity contribution in [3.63, 3.8) is 0 Å². The van der Waals surface area contributed by atoms with Gasteiger partial charge in [-0.2, -0.15) is 0 Å². The lowest BCUT2D eigenvalue weighted by molar-refractivity contribution is -0.106. The lowest BCUT2D eigenvalue weighted by Crippen LogP contribution is -2.60. The van der Waals surface area contributed by atoms with E-state index in [0.29, 0.717) is 16.4 Å². The summed E-state index contributed by atoms with van der Waals surface area (Å²) in [6.07, 6.45) is 2.97. The van der Waals surface area contributed by atoms with Crippen LogP contribution >= 0.6 is 11.8 Å². The minimum Gasteiger partial charge on any atom is -0.379 e. The molecule has 2 aliphatic rings. The number of rotatable bonds is 3. The quantitative estimate of drug-likeness (QED) is 0.799. The number of amides is 1. The highest BCUT2D eigenvalue weighted by molar-refractivity contribution is 8.13. The molecule has 2 aliphatic heterocycles. The fraction of sp³-hybridized carbons (Fsp3) is 0.400. The Labute approximate surface area is 172 Å². The number of aromatic nitrogens is 2. The number of fused-ring (bicyclic) bond motifs is 1. The van der Waals surface area contributed by atoms with Crippen LogP contribution in [0.4, 0.5) is 10.1 Å². The van der Waals surface area contributed by atoms with Gasteiger partial charge in [-0.1, -0.05) is 23.9 Å². The van der Waals surface area contributed by atoms with Gasteiger partial charge in [-0.3, -0.25) is 9.78 Å². The Kier molecular flexibility index (Phi) is 5.04. The van der Waals surface area contributed by atoms with Gasteiger partial charge in [0.1, 0.15) is 11.2 Å². The maximum atomic E-state index is 16.1. The lowest BCUT2D eigenvalue weighted by Gasteiger charge is -2.49. The van der Waals surface area contributed by atoms with Crippen molar-refractivity contribution >= 4 is 28.5 Å². The Morgan fingerprint density at radius 3 is 2.97 bits per heavy atom. The first-order chi connectivity index (χ1) is 13.8. The van der Waals surface area contributed by atoms with Crippen LogP contribution in [0, 0.1) is 6.92 Å². The zero-order valence-corrected chi connectivity index (χ0v) is 17.0. The van der Waals surface area contributed by atoms with Crippen molar-refractivity contribution in [2.24, 2.45) is 10.7 Å². The van der Waals surface area contributed by atoms with Crippen LogP contribution in [0.1, 0.15) is 35.1 Å². The molecule has 0 radical (unpaired) electrons. The Hall–Kier alpha value is -2.52. The number of carbonyl (C=O) groups is 1. The average molecular weight is 415 g/mol. The number of nitrogens with one attached hydrogen (secondary N) is 1. The number of hydrogen-bond donors (Lipinski definition) is 2. The summed E-state index contributed by atoms with van der Waals surface area (Å²) in [5.74, 6) is -0.180. The molecule has 3 N–H and O–H groups in total. The van der Waals surface area contributed by atoms with Crippen LogP contribution in [0.25, 0.3) is 0 Å². The number of nitrogens with zero attached hydrogens (tertiary/aromatic N) is 3. The molecule has 7 nitrogen and oxygen atoms in total. The molecule has 152 valence electrons.